The van der Waals surface area contributed by atoms with Crippen LogP contribution >= 0.6 is 0 Å². The van der Waals surface area contributed by atoms with E-state index in [1.54, 1.807) is 0 Å². The number of rotatable bonds is 5. The molecule has 0 bridgehead atoms. The first kappa shape index (κ1) is 20.2. The zero-order chi connectivity index (χ0) is 20.1. The van der Waals surface area contributed by atoms with E-state index in [1.165, 1.54) is 16.8 Å². The van der Waals surface area contributed by atoms with Crippen LogP contribution < -0.4 is 10.2 Å². The summed E-state index contributed by atoms with van der Waals surface area (Å²) in [5.41, 5.74) is 4.07. The fourth-order valence-electron chi connectivity index (χ4n) is 3.45. The molecule has 7 nitrogen and oxygen atoms in total. The molecule has 2 heterocycles. The molecule has 1 aliphatic heterocycles. The molecule has 1 saturated heterocycles. The predicted molar refractivity (Wildman–Crippen MR) is 113 cm³/mol. The minimum Gasteiger partial charge on any atom is -0.368 e. The summed E-state index contributed by atoms with van der Waals surface area (Å²) in [6.45, 7) is 13.1. The molecular formula is C21H32N6O. The van der Waals surface area contributed by atoms with Gasteiger partial charge >= 0.3 is 0 Å². The van der Waals surface area contributed by atoms with Crippen molar-refractivity contribution < 1.29 is 4.52 Å². The van der Waals surface area contributed by atoms with Crippen molar-refractivity contribution in [1.82, 2.24) is 20.4 Å². The Morgan fingerprint density at radius 1 is 1.21 bits per heavy atom. The Morgan fingerprint density at radius 2 is 1.96 bits per heavy atom. The summed E-state index contributed by atoms with van der Waals surface area (Å²) >= 11 is 0. The van der Waals surface area contributed by atoms with E-state index in [0.717, 1.165) is 44.5 Å². The lowest BCUT2D eigenvalue weighted by Crippen LogP contribution is -2.53. The van der Waals surface area contributed by atoms with Gasteiger partial charge in [-0.1, -0.05) is 31.1 Å². The van der Waals surface area contributed by atoms with Crippen molar-refractivity contribution in [3.8, 4) is 0 Å². The van der Waals surface area contributed by atoms with Crippen molar-refractivity contribution in [2.45, 2.75) is 40.0 Å². The Labute approximate surface area is 167 Å². The molecule has 1 aliphatic rings. The maximum absolute atomic E-state index is 5.31. The Hall–Kier alpha value is -2.57. The van der Waals surface area contributed by atoms with E-state index in [4.69, 9.17) is 4.52 Å². The van der Waals surface area contributed by atoms with E-state index in [2.05, 4.69) is 76.1 Å². The first-order chi connectivity index (χ1) is 13.5. The number of anilines is 1. The van der Waals surface area contributed by atoms with Gasteiger partial charge in [0.25, 0.3) is 0 Å². The molecule has 7 heteroatoms. The van der Waals surface area contributed by atoms with Crippen molar-refractivity contribution in [2.24, 2.45) is 4.99 Å². The van der Waals surface area contributed by atoms with Gasteiger partial charge in [0.05, 0.1) is 0 Å². The molecule has 1 aromatic carbocycles. The molecule has 0 unspecified atom stereocenters. The highest BCUT2D eigenvalue weighted by atomic mass is 16.5. The number of aliphatic imine (C=N–C) groups is 1. The molecule has 0 radical (unpaired) electrons. The maximum atomic E-state index is 5.31. The molecule has 1 aromatic heterocycles. The number of nitrogens with zero attached hydrogens (tertiary/aromatic N) is 5. The van der Waals surface area contributed by atoms with Gasteiger partial charge in [0.15, 0.2) is 11.8 Å². The molecule has 0 amide bonds. The highest BCUT2D eigenvalue weighted by Crippen LogP contribution is 2.23. The number of hydrogen-bond acceptors (Lipinski definition) is 5. The summed E-state index contributed by atoms with van der Waals surface area (Å²) in [6, 6.07) is 6.54. The number of hydrogen-bond donors (Lipinski definition) is 1. The van der Waals surface area contributed by atoms with Crippen LogP contribution in [0.1, 0.15) is 42.6 Å². The first-order valence-corrected chi connectivity index (χ1v) is 10.1. The second-order valence-corrected chi connectivity index (χ2v) is 7.62. The topological polar surface area (TPSA) is 69.8 Å². The average Bonchev–Trinajstić information content (AvgIpc) is 3.17. The van der Waals surface area contributed by atoms with Crippen LogP contribution in [0.5, 0.6) is 0 Å². The number of aryl methyl sites for hydroxylation is 1. The van der Waals surface area contributed by atoms with E-state index in [0.29, 0.717) is 12.3 Å². The van der Waals surface area contributed by atoms with Crippen LogP contribution in [0.3, 0.4) is 0 Å². The van der Waals surface area contributed by atoms with Crippen LogP contribution in [0.4, 0.5) is 5.69 Å². The van der Waals surface area contributed by atoms with Crippen molar-refractivity contribution in [2.75, 3.05) is 44.7 Å². The Balaban J connectivity index is 1.50. The molecule has 0 saturated carbocycles. The zero-order valence-electron chi connectivity index (χ0n) is 17.7. The number of aromatic nitrogens is 2. The fourth-order valence-corrected chi connectivity index (χ4v) is 3.45. The van der Waals surface area contributed by atoms with Crippen LogP contribution in [0, 0.1) is 13.8 Å². The van der Waals surface area contributed by atoms with Gasteiger partial charge in [-0.2, -0.15) is 4.98 Å². The van der Waals surface area contributed by atoms with Crippen LogP contribution in [-0.4, -0.2) is 60.8 Å². The monoisotopic (exact) mass is 384 g/mol. The predicted octanol–water partition coefficient (Wildman–Crippen LogP) is 2.75. The maximum Gasteiger partial charge on any atom is 0.228 e. The lowest BCUT2D eigenvalue weighted by atomic mass is 10.1. The Bertz CT molecular complexity index is 805. The number of benzene rings is 1. The molecule has 1 N–H and O–H groups in total. The van der Waals surface area contributed by atoms with Gasteiger partial charge in [0.1, 0.15) is 0 Å². The Morgan fingerprint density at radius 3 is 2.61 bits per heavy atom. The van der Waals surface area contributed by atoms with Crippen molar-refractivity contribution in [1.29, 1.82) is 0 Å². The quantitative estimate of drug-likeness (QED) is 0.631. The summed E-state index contributed by atoms with van der Waals surface area (Å²) in [5.74, 6) is 2.66. The molecule has 0 spiro atoms. The van der Waals surface area contributed by atoms with Crippen LogP contribution in [0.2, 0.25) is 0 Å². The van der Waals surface area contributed by atoms with E-state index < -0.39 is 0 Å². The van der Waals surface area contributed by atoms with Crippen molar-refractivity contribution in [3.63, 3.8) is 0 Å². The summed E-state index contributed by atoms with van der Waals surface area (Å²) in [7, 11) is 1.84. The van der Waals surface area contributed by atoms with Gasteiger partial charge < -0.3 is 19.6 Å². The zero-order valence-corrected chi connectivity index (χ0v) is 17.7. The standard InChI is InChI=1S/C21H32N6O/c1-15(2)20-24-19(28-25-20)9-10-23-21(22-5)27-13-11-26(12-14-27)18-8-6-7-16(3)17(18)4/h6-8,15H,9-14H2,1-5H3,(H,22,23). The summed E-state index contributed by atoms with van der Waals surface area (Å²) in [6.07, 6.45) is 0.696. The number of nitrogens with one attached hydrogen (secondary N) is 1. The SMILES string of the molecule is CN=C(NCCc1nc(C(C)C)no1)N1CCN(c2cccc(C)c2C)CC1. The lowest BCUT2D eigenvalue weighted by molar-refractivity contribution is 0.362. The summed E-state index contributed by atoms with van der Waals surface area (Å²) in [4.78, 5) is 13.7. The van der Waals surface area contributed by atoms with E-state index in [-0.39, 0.29) is 5.92 Å². The van der Waals surface area contributed by atoms with Gasteiger partial charge in [0.2, 0.25) is 5.89 Å². The molecule has 3 rings (SSSR count). The average molecular weight is 385 g/mol. The first-order valence-electron chi connectivity index (χ1n) is 10.1. The molecule has 28 heavy (non-hydrogen) atoms. The number of piperazine rings is 1. The molecular weight excluding hydrogens is 352 g/mol. The van der Waals surface area contributed by atoms with Crippen LogP contribution in [-0.2, 0) is 6.42 Å². The second kappa shape index (κ2) is 9.08. The van der Waals surface area contributed by atoms with E-state index >= 15 is 0 Å². The normalized spacial score (nSPS) is 15.4. The van der Waals surface area contributed by atoms with Gasteiger partial charge in [-0.25, -0.2) is 0 Å². The number of guanidine groups is 1. The van der Waals surface area contributed by atoms with Gasteiger partial charge in [-0.3, -0.25) is 4.99 Å². The fraction of sp³-hybridized carbons (Fsp3) is 0.571. The van der Waals surface area contributed by atoms with Gasteiger partial charge in [0, 0.05) is 57.8 Å². The molecule has 0 aliphatic carbocycles. The third kappa shape index (κ3) is 4.64. The third-order valence-corrected chi connectivity index (χ3v) is 5.33. The Kier molecular flexibility index (Phi) is 6.54. The second-order valence-electron chi connectivity index (χ2n) is 7.62. The highest BCUT2D eigenvalue weighted by Gasteiger charge is 2.21. The van der Waals surface area contributed by atoms with E-state index in [9.17, 15) is 0 Å². The summed E-state index contributed by atoms with van der Waals surface area (Å²) in [5, 5.41) is 7.44. The molecule has 0 atom stereocenters. The van der Waals surface area contributed by atoms with Crippen LogP contribution in [0.15, 0.2) is 27.7 Å². The summed E-state index contributed by atoms with van der Waals surface area (Å²) < 4.78 is 5.31. The van der Waals surface area contributed by atoms with Gasteiger partial charge in [-0.15, -0.1) is 0 Å². The minimum atomic E-state index is 0.284. The van der Waals surface area contributed by atoms with Gasteiger partial charge in [-0.05, 0) is 31.0 Å². The smallest absolute Gasteiger partial charge is 0.228 e. The van der Waals surface area contributed by atoms with Crippen molar-refractivity contribution in [3.05, 3.63) is 41.0 Å². The van der Waals surface area contributed by atoms with Crippen molar-refractivity contribution >= 4 is 11.6 Å². The lowest BCUT2D eigenvalue weighted by Gasteiger charge is -2.38. The third-order valence-electron chi connectivity index (χ3n) is 5.33. The van der Waals surface area contributed by atoms with Crippen LogP contribution in [0.25, 0.3) is 0 Å². The minimum absolute atomic E-state index is 0.284. The van der Waals surface area contributed by atoms with E-state index in [1.807, 2.05) is 7.05 Å². The highest BCUT2D eigenvalue weighted by molar-refractivity contribution is 5.80. The molecule has 1 fully saturated rings. The molecule has 2 aromatic rings. The largest absolute Gasteiger partial charge is 0.368 e. The molecule has 152 valence electrons.